The highest BCUT2D eigenvalue weighted by Gasteiger charge is 2.41. The van der Waals surface area contributed by atoms with Crippen LogP contribution in [0.3, 0.4) is 0 Å². The van der Waals surface area contributed by atoms with Crippen molar-refractivity contribution in [2.24, 2.45) is 0 Å². The Morgan fingerprint density at radius 3 is 1.64 bits per heavy atom. The van der Waals surface area contributed by atoms with E-state index in [9.17, 15) is 8.42 Å². The second-order valence-corrected chi connectivity index (χ2v) is 16.9. The summed E-state index contributed by atoms with van der Waals surface area (Å²) in [6.07, 6.45) is 0. The first kappa shape index (κ1) is 26.6. The Morgan fingerprint density at radius 1 is 0.545 bits per heavy atom. The first-order valence-corrected chi connectivity index (χ1v) is 18.1. The summed E-state index contributed by atoms with van der Waals surface area (Å²) in [5, 5.41) is 5.20. The van der Waals surface area contributed by atoms with Crippen molar-refractivity contribution in [3.8, 4) is 16.8 Å². The van der Waals surface area contributed by atoms with E-state index in [1.165, 1.54) is 20.7 Å². The second-order valence-electron chi connectivity index (χ2n) is 11.2. The smallest absolute Gasteiger partial charge is 0.210 e. The summed E-state index contributed by atoms with van der Waals surface area (Å²) in [6, 6.07) is 52.3. The largest absolute Gasteiger partial charge is 0.294 e. The van der Waals surface area contributed by atoms with E-state index < -0.39 is 17.9 Å². The maximum absolute atomic E-state index is 13.9. The van der Waals surface area contributed by atoms with E-state index in [1.807, 2.05) is 35.8 Å². The van der Waals surface area contributed by atoms with Gasteiger partial charge in [-0.15, -0.1) is 0 Å². The van der Waals surface area contributed by atoms with Crippen LogP contribution in [0, 0.1) is 6.92 Å². The fraction of sp³-hybridized carbons (Fsp3) is 0.0263. The molecule has 212 valence electrons. The minimum absolute atomic E-state index is 0.306. The lowest BCUT2D eigenvalue weighted by molar-refractivity contribution is 0.594. The van der Waals surface area contributed by atoms with Gasteiger partial charge in [0.15, 0.2) is 8.07 Å². The van der Waals surface area contributed by atoms with E-state index in [0.29, 0.717) is 26.5 Å². The van der Waals surface area contributed by atoms with Crippen LogP contribution in [0.2, 0.25) is 0 Å². The van der Waals surface area contributed by atoms with E-state index in [-0.39, 0.29) is 0 Å². The van der Waals surface area contributed by atoms with Gasteiger partial charge in [0.2, 0.25) is 9.84 Å². The van der Waals surface area contributed by atoms with E-state index in [0.717, 1.165) is 17.0 Å². The van der Waals surface area contributed by atoms with E-state index >= 15 is 0 Å². The molecule has 1 aliphatic heterocycles. The zero-order valence-corrected chi connectivity index (χ0v) is 25.9. The van der Waals surface area contributed by atoms with Crippen LogP contribution < -0.4 is 20.7 Å². The van der Waals surface area contributed by atoms with Crippen molar-refractivity contribution < 1.29 is 8.42 Å². The van der Waals surface area contributed by atoms with E-state index in [1.54, 1.807) is 12.1 Å². The molecular formula is C38H28N2O2SSi. The van der Waals surface area contributed by atoms with Gasteiger partial charge in [0, 0.05) is 0 Å². The fourth-order valence-electron chi connectivity index (χ4n) is 6.91. The van der Waals surface area contributed by atoms with Crippen molar-refractivity contribution in [1.29, 1.82) is 0 Å². The Hall–Kier alpha value is -5.04. The highest BCUT2D eigenvalue weighted by atomic mass is 32.2. The molecule has 0 saturated carbocycles. The SMILES string of the molecule is Cc1nc2cccc3c2n1-c1ccc(-c2ccc([Si](c4ccccc4)(c4ccccc4)c4ccccc4)cc2)cc1S3(=O)=O. The Morgan fingerprint density at radius 2 is 1.07 bits per heavy atom. The maximum atomic E-state index is 13.9. The van der Waals surface area contributed by atoms with Crippen LogP contribution in [0.15, 0.2) is 161 Å². The summed E-state index contributed by atoms with van der Waals surface area (Å²) in [5.74, 6) is 0.768. The topological polar surface area (TPSA) is 52.0 Å². The van der Waals surface area contributed by atoms with Gasteiger partial charge in [0.05, 0.1) is 26.5 Å². The summed E-state index contributed by atoms with van der Waals surface area (Å²) in [6.45, 7) is 1.92. The quantitative estimate of drug-likeness (QED) is 0.192. The molecule has 0 unspecified atom stereocenters. The molecule has 6 aromatic carbocycles. The predicted molar refractivity (Wildman–Crippen MR) is 180 cm³/mol. The third-order valence-electron chi connectivity index (χ3n) is 8.86. The Bertz CT molecular complexity index is 2180. The number of benzene rings is 6. The number of imidazole rings is 1. The number of para-hydroxylation sites is 1. The minimum Gasteiger partial charge on any atom is -0.294 e. The van der Waals surface area contributed by atoms with Crippen LogP contribution in [0.1, 0.15) is 5.82 Å². The van der Waals surface area contributed by atoms with Gasteiger partial charge < -0.3 is 0 Å². The number of aromatic nitrogens is 2. The molecule has 6 heteroatoms. The van der Waals surface area contributed by atoms with Crippen LogP contribution in [0.4, 0.5) is 0 Å². The van der Waals surface area contributed by atoms with Gasteiger partial charge in [-0.05, 0) is 63.1 Å². The van der Waals surface area contributed by atoms with E-state index in [4.69, 9.17) is 0 Å². The van der Waals surface area contributed by atoms with Gasteiger partial charge in [-0.3, -0.25) is 4.57 Å². The number of nitrogens with zero attached hydrogens (tertiary/aromatic N) is 2. The summed E-state index contributed by atoms with van der Waals surface area (Å²) in [5.41, 5.74) is 3.82. The number of rotatable bonds is 5. The first-order chi connectivity index (χ1) is 21.5. The van der Waals surface area contributed by atoms with Crippen LogP contribution in [-0.2, 0) is 9.84 Å². The zero-order valence-electron chi connectivity index (χ0n) is 24.1. The summed E-state index contributed by atoms with van der Waals surface area (Å²) in [7, 11) is -6.36. The molecule has 0 saturated heterocycles. The van der Waals surface area contributed by atoms with Crippen LogP contribution in [0.5, 0.6) is 0 Å². The normalized spacial score (nSPS) is 13.5. The minimum atomic E-state index is -3.72. The van der Waals surface area contributed by atoms with Crippen molar-refractivity contribution in [3.05, 3.63) is 157 Å². The molecule has 2 heterocycles. The number of fused-ring (bicyclic) bond motifs is 2. The average Bonchev–Trinajstić information content (AvgIpc) is 3.42. The summed E-state index contributed by atoms with van der Waals surface area (Å²) in [4.78, 5) is 5.25. The average molecular weight is 605 g/mol. The standard InChI is InChI=1S/C38H28N2O2SSi/c1-27-39-34-18-11-19-36-38(34)40(27)35-25-22-29(26-37(35)43(36,41)42)28-20-23-33(24-21-28)44(30-12-5-2-6-13-30,31-14-7-3-8-15-31)32-16-9-4-10-17-32/h2-26H,1H3. The molecule has 7 aromatic rings. The van der Waals surface area contributed by atoms with Gasteiger partial charge in [-0.25, -0.2) is 13.4 Å². The van der Waals surface area contributed by atoms with Crippen molar-refractivity contribution in [2.45, 2.75) is 16.7 Å². The summed E-state index contributed by atoms with van der Waals surface area (Å²) >= 11 is 0. The third-order valence-corrected chi connectivity index (χ3v) is 15.5. The molecule has 0 radical (unpaired) electrons. The molecule has 1 aliphatic rings. The molecule has 1 aromatic heterocycles. The number of hydrogen-bond donors (Lipinski definition) is 0. The lowest BCUT2D eigenvalue weighted by Gasteiger charge is -2.34. The Balaban J connectivity index is 1.30. The maximum Gasteiger partial charge on any atom is 0.210 e. The number of hydrogen-bond acceptors (Lipinski definition) is 3. The Labute approximate surface area is 257 Å². The van der Waals surface area contributed by atoms with Gasteiger partial charge in [0.25, 0.3) is 0 Å². The Kier molecular flexibility index (Phi) is 6.05. The van der Waals surface area contributed by atoms with Crippen molar-refractivity contribution in [3.63, 3.8) is 0 Å². The molecule has 0 spiro atoms. The lowest BCUT2D eigenvalue weighted by Crippen LogP contribution is -2.74. The highest BCUT2D eigenvalue weighted by Crippen LogP contribution is 2.40. The van der Waals surface area contributed by atoms with Crippen LogP contribution in [0.25, 0.3) is 27.8 Å². The van der Waals surface area contributed by atoms with Crippen LogP contribution in [-0.4, -0.2) is 26.0 Å². The third kappa shape index (κ3) is 3.81. The van der Waals surface area contributed by atoms with Crippen molar-refractivity contribution >= 4 is 49.7 Å². The molecule has 0 bridgehead atoms. The molecule has 0 fully saturated rings. The number of aryl methyl sites for hydroxylation is 1. The molecule has 0 atom stereocenters. The first-order valence-electron chi connectivity index (χ1n) is 14.6. The number of sulfone groups is 1. The lowest BCUT2D eigenvalue weighted by atomic mass is 10.1. The van der Waals surface area contributed by atoms with Gasteiger partial charge >= 0.3 is 0 Å². The molecule has 0 aliphatic carbocycles. The molecule has 0 amide bonds. The monoisotopic (exact) mass is 604 g/mol. The van der Waals surface area contributed by atoms with Crippen molar-refractivity contribution in [2.75, 3.05) is 0 Å². The van der Waals surface area contributed by atoms with Crippen LogP contribution >= 0.6 is 0 Å². The highest BCUT2D eigenvalue weighted by molar-refractivity contribution is 7.92. The molecule has 8 rings (SSSR count). The van der Waals surface area contributed by atoms with Gasteiger partial charge in [-0.2, -0.15) is 0 Å². The molecule has 4 nitrogen and oxygen atoms in total. The summed E-state index contributed by atoms with van der Waals surface area (Å²) < 4.78 is 29.8. The van der Waals surface area contributed by atoms with E-state index in [2.05, 4.69) is 120 Å². The fourth-order valence-corrected chi connectivity index (χ4v) is 13.3. The zero-order chi connectivity index (χ0) is 29.9. The molecule has 44 heavy (non-hydrogen) atoms. The van der Waals surface area contributed by atoms with Crippen molar-refractivity contribution in [1.82, 2.24) is 9.55 Å². The second kappa shape index (κ2) is 10.0. The van der Waals surface area contributed by atoms with Gasteiger partial charge in [-0.1, -0.05) is 127 Å². The molecule has 0 N–H and O–H groups in total. The molecular weight excluding hydrogens is 577 g/mol. The van der Waals surface area contributed by atoms with Gasteiger partial charge in [0.1, 0.15) is 5.82 Å². The predicted octanol–water partition coefficient (Wildman–Crippen LogP) is 5.52.